The van der Waals surface area contributed by atoms with Crippen LogP contribution in [0, 0.1) is 19.8 Å². The van der Waals surface area contributed by atoms with Gasteiger partial charge in [-0.05, 0) is 77.0 Å². The van der Waals surface area contributed by atoms with Gasteiger partial charge in [0.05, 0.1) is 0 Å². The summed E-state index contributed by atoms with van der Waals surface area (Å²) in [5.41, 5.74) is 2.21. The molecule has 1 aromatic carbocycles. The zero-order chi connectivity index (χ0) is 24.9. The number of alkyl carbamates (subject to hydrolysis) is 1. The van der Waals surface area contributed by atoms with Crippen LogP contribution in [0.1, 0.15) is 83.5 Å². The van der Waals surface area contributed by atoms with Crippen LogP contribution in [-0.4, -0.2) is 47.0 Å². The fourth-order valence-electron chi connectivity index (χ4n) is 3.91. The quantitative estimate of drug-likeness (QED) is 0.536. The average molecular weight is 460 g/mol. The molecule has 0 radical (unpaired) electrons. The normalized spacial score (nSPS) is 19.3. The van der Waals surface area contributed by atoms with E-state index in [1.807, 2.05) is 32.0 Å². The number of amides is 3. The van der Waals surface area contributed by atoms with Gasteiger partial charge < -0.3 is 20.3 Å². The Labute approximate surface area is 198 Å². The van der Waals surface area contributed by atoms with Crippen LogP contribution in [0.4, 0.5) is 4.79 Å². The summed E-state index contributed by atoms with van der Waals surface area (Å²) in [7, 11) is 0. The minimum Gasteiger partial charge on any atom is -0.444 e. The highest BCUT2D eigenvalue weighted by Gasteiger charge is 2.47. The van der Waals surface area contributed by atoms with Crippen molar-refractivity contribution in [1.82, 2.24) is 15.5 Å². The fraction of sp³-hybridized carbons (Fsp3) is 0.654. The molecule has 0 saturated heterocycles. The second kappa shape index (κ2) is 11.0. The van der Waals surface area contributed by atoms with Crippen LogP contribution in [0.25, 0.3) is 0 Å². The van der Waals surface area contributed by atoms with Crippen molar-refractivity contribution in [2.45, 2.75) is 98.4 Å². The van der Waals surface area contributed by atoms with Crippen LogP contribution in [0.2, 0.25) is 0 Å². The monoisotopic (exact) mass is 459 g/mol. The van der Waals surface area contributed by atoms with Gasteiger partial charge in [-0.25, -0.2) is 4.79 Å². The Morgan fingerprint density at radius 3 is 2.39 bits per heavy atom. The molecule has 1 aliphatic rings. The predicted molar refractivity (Wildman–Crippen MR) is 130 cm³/mol. The molecule has 1 fully saturated rings. The van der Waals surface area contributed by atoms with Crippen LogP contribution in [-0.2, 0) is 14.3 Å². The smallest absolute Gasteiger partial charge is 0.408 e. The van der Waals surface area contributed by atoms with Crippen molar-refractivity contribution in [3.8, 4) is 0 Å². The summed E-state index contributed by atoms with van der Waals surface area (Å²) >= 11 is 0. The highest BCUT2D eigenvalue weighted by molar-refractivity contribution is 5.92. The Hall–Kier alpha value is -2.57. The molecule has 33 heavy (non-hydrogen) atoms. The predicted octanol–water partition coefficient (Wildman–Crippen LogP) is 4.41. The van der Waals surface area contributed by atoms with Gasteiger partial charge in [-0.2, -0.15) is 0 Å². The van der Waals surface area contributed by atoms with Gasteiger partial charge in [-0.1, -0.05) is 38.5 Å². The first-order valence-corrected chi connectivity index (χ1v) is 12.0. The summed E-state index contributed by atoms with van der Waals surface area (Å²) in [5.74, 6) is -0.181. The summed E-state index contributed by atoms with van der Waals surface area (Å²) in [6.07, 6.45) is 2.01. The molecule has 1 aromatic rings. The van der Waals surface area contributed by atoms with E-state index in [-0.39, 0.29) is 17.9 Å². The summed E-state index contributed by atoms with van der Waals surface area (Å²) in [6.45, 7) is 15.7. The summed E-state index contributed by atoms with van der Waals surface area (Å²) in [5, 5.41) is 5.68. The Balaban J connectivity index is 2.39. The van der Waals surface area contributed by atoms with Crippen molar-refractivity contribution in [2.24, 2.45) is 5.92 Å². The number of hydrogen-bond donors (Lipinski definition) is 2. The number of unbranched alkanes of at least 4 members (excludes halogenated alkanes) is 1. The Morgan fingerprint density at radius 1 is 1.21 bits per heavy atom. The summed E-state index contributed by atoms with van der Waals surface area (Å²) in [6, 6.07) is 4.21. The van der Waals surface area contributed by atoms with Crippen molar-refractivity contribution < 1.29 is 19.1 Å². The van der Waals surface area contributed by atoms with Gasteiger partial charge >= 0.3 is 6.09 Å². The lowest BCUT2D eigenvalue weighted by Gasteiger charge is -2.35. The molecule has 4 unspecified atom stereocenters. The first-order valence-electron chi connectivity index (χ1n) is 12.0. The number of carbonyl (C=O) groups is 3. The summed E-state index contributed by atoms with van der Waals surface area (Å²) < 4.78 is 5.33. The van der Waals surface area contributed by atoms with Crippen LogP contribution in [0.3, 0.4) is 0 Å². The third-order valence-corrected chi connectivity index (χ3v) is 6.08. The van der Waals surface area contributed by atoms with Crippen LogP contribution >= 0.6 is 0 Å². The second-order valence-corrected chi connectivity index (χ2v) is 10.2. The Morgan fingerprint density at radius 2 is 1.85 bits per heavy atom. The molecule has 2 rings (SSSR count). The number of nitrogens with one attached hydrogen (secondary N) is 2. The molecule has 7 heteroatoms. The SMILES string of the molecule is CCCCNC(=O)C(c1cccc(C)c1C)N(C(=O)C(C)NC(=O)OC(C)(C)C)C1CC1C. The fourth-order valence-corrected chi connectivity index (χ4v) is 3.91. The number of aryl methyl sites for hydroxylation is 1. The Bertz CT molecular complexity index is 862. The van der Waals surface area contributed by atoms with E-state index in [0.717, 1.165) is 36.0 Å². The highest BCUT2D eigenvalue weighted by atomic mass is 16.6. The topological polar surface area (TPSA) is 87.7 Å². The molecule has 2 N–H and O–H groups in total. The molecule has 0 heterocycles. The lowest BCUT2D eigenvalue weighted by atomic mass is 9.95. The third kappa shape index (κ3) is 7.21. The van der Waals surface area contributed by atoms with Gasteiger partial charge in [0.1, 0.15) is 17.7 Å². The molecular weight excluding hydrogens is 418 g/mol. The lowest BCUT2D eigenvalue weighted by molar-refractivity contribution is -0.143. The molecule has 0 aromatic heterocycles. The summed E-state index contributed by atoms with van der Waals surface area (Å²) in [4.78, 5) is 41.2. The molecule has 4 atom stereocenters. The highest BCUT2D eigenvalue weighted by Crippen LogP contribution is 2.41. The molecule has 7 nitrogen and oxygen atoms in total. The number of nitrogens with zero attached hydrogens (tertiary/aromatic N) is 1. The van der Waals surface area contributed by atoms with Gasteiger partial charge in [0.2, 0.25) is 11.8 Å². The molecule has 0 aliphatic heterocycles. The molecule has 3 amide bonds. The van der Waals surface area contributed by atoms with Crippen molar-refractivity contribution >= 4 is 17.9 Å². The minimum atomic E-state index is -0.830. The molecular formula is C26H41N3O4. The van der Waals surface area contributed by atoms with Gasteiger partial charge in [0.15, 0.2) is 0 Å². The van der Waals surface area contributed by atoms with Crippen LogP contribution < -0.4 is 10.6 Å². The first kappa shape index (κ1) is 26.7. The van der Waals surface area contributed by atoms with E-state index in [1.165, 1.54) is 0 Å². The second-order valence-electron chi connectivity index (χ2n) is 10.2. The first-order chi connectivity index (χ1) is 15.4. The molecule has 0 spiro atoms. The van der Waals surface area contributed by atoms with Crippen molar-refractivity contribution in [1.29, 1.82) is 0 Å². The zero-order valence-corrected chi connectivity index (χ0v) is 21.5. The molecule has 1 saturated carbocycles. The van der Waals surface area contributed by atoms with E-state index >= 15 is 0 Å². The number of ether oxygens (including phenoxy) is 1. The largest absolute Gasteiger partial charge is 0.444 e. The van der Waals surface area contributed by atoms with E-state index < -0.39 is 23.8 Å². The number of carbonyl (C=O) groups excluding carboxylic acids is 3. The zero-order valence-electron chi connectivity index (χ0n) is 21.5. The third-order valence-electron chi connectivity index (χ3n) is 6.08. The maximum atomic E-state index is 13.7. The number of rotatable bonds is 9. The molecule has 184 valence electrons. The number of hydrogen-bond acceptors (Lipinski definition) is 4. The molecule has 1 aliphatic carbocycles. The van der Waals surface area contributed by atoms with Gasteiger partial charge in [-0.15, -0.1) is 0 Å². The van der Waals surface area contributed by atoms with Crippen LogP contribution in [0.15, 0.2) is 18.2 Å². The maximum Gasteiger partial charge on any atom is 0.408 e. The van der Waals surface area contributed by atoms with Gasteiger partial charge in [0.25, 0.3) is 0 Å². The van der Waals surface area contributed by atoms with Crippen molar-refractivity contribution in [2.75, 3.05) is 6.54 Å². The van der Waals surface area contributed by atoms with Crippen molar-refractivity contribution in [3.05, 3.63) is 34.9 Å². The van der Waals surface area contributed by atoms with E-state index in [9.17, 15) is 14.4 Å². The van der Waals surface area contributed by atoms with Gasteiger partial charge in [0, 0.05) is 12.6 Å². The van der Waals surface area contributed by atoms with E-state index in [4.69, 9.17) is 4.74 Å². The van der Waals surface area contributed by atoms with Gasteiger partial charge in [-0.3, -0.25) is 9.59 Å². The molecule has 0 bridgehead atoms. The number of benzene rings is 1. The van der Waals surface area contributed by atoms with Crippen LogP contribution in [0.5, 0.6) is 0 Å². The van der Waals surface area contributed by atoms with E-state index in [1.54, 1.807) is 32.6 Å². The Kier molecular flexibility index (Phi) is 8.92. The van der Waals surface area contributed by atoms with E-state index in [2.05, 4.69) is 24.5 Å². The standard InChI is InChI=1S/C26H41N3O4/c1-9-10-14-27-23(30)22(20-13-11-12-16(2)18(20)4)29(21-15-17(21)3)24(31)19(5)28-25(32)33-26(6,7)8/h11-13,17,19,21-22H,9-10,14-15H2,1-8H3,(H,27,30)(H,28,32). The van der Waals surface area contributed by atoms with E-state index in [0.29, 0.717) is 12.5 Å². The van der Waals surface area contributed by atoms with Crippen molar-refractivity contribution in [3.63, 3.8) is 0 Å². The minimum absolute atomic E-state index is 0.0535. The maximum absolute atomic E-state index is 13.7. The lowest BCUT2D eigenvalue weighted by Crippen LogP contribution is -2.53. The average Bonchev–Trinajstić information content (AvgIpc) is 3.42.